The zero-order chi connectivity index (χ0) is 18.6. The predicted molar refractivity (Wildman–Crippen MR) is 90.1 cm³/mol. The number of nitro benzene ring substituents is 1. The van der Waals surface area contributed by atoms with Crippen molar-refractivity contribution in [1.82, 2.24) is 0 Å². The third-order valence-electron chi connectivity index (χ3n) is 3.33. The van der Waals surface area contributed by atoms with E-state index in [1.165, 1.54) is 6.21 Å². The van der Waals surface area contributed by atoms with E-state index in [4.69, 9.17) is 0 Å². The second kappa shape index (κ2) is 7.20. The minimum absolute atomic E-state index is 0.126. The van der Waals surface area contributed by atoms with E-state index in [1.54, 1.807) is 12.1 Å². The van der Waals surface area contributed by atoms with Crippen molar-refractivity contribution in [3.63, 3.8) is 0 Å². The highest BCUT2D eigenvalue weighted by molar-refractivity contribution is 5.81. The van der Waals surface area contributed by atoms with Gasteiger partial charge in [-0.15, -0.1) is 0 Å². The van der Waals surface area contributed by atoms with Gasteiger partial charge in [-0.2, -0.15) is 18.3 Å². The Morgan fingerprint density at radius 1 is 1.16 bits per heavy atom. The summed E-state index contributed by atoms with van der Waals surface area (Å²) in [5.41, 5.74) is 2.21. The van der Waals surface area contributed by atoms with Crippen molar-refractivity contribution in [2.75, 3.05) is 24.4 Å². The molecule has 0 aliphatic carbocycles. The summed E-state index contributed by atoms with van der Waals surface area (Å²) >= 11 is 0. The van der Waals surface area contributed by atoms with E-state index in [-0.39, 0.29) is 5.69 Å². The van der Waals surface area contributed by atoms with Crippen LogP contribution >= 0.6 is 0 Å². The number of nitrogens with zero attached hydrogens (tertiary/aromatic N) is 3. The van der Waals surface area contributed by atoms with Crippen LogP contribution in [-0.4, -0.2) is 25.2 Å². The molecule has 0 aliphatic heterocycles. The van der Waals surface area contributed by atoms with Gasteiger partial charge in [0.1, 0.15) is 5.69 Å². The van der Waals surface area contributed by atoms with Crippen molar-refractivity contribution in [3.05, 3.63) is 63.7 Å². The molecule has 25 heavy (non-hydrogen) atoms. The molecular formula is C16H15F3N4O2. The Balaban J connectivity index is 2.18. The van der Waals surface area contributed by atoms with Crippen molar-refractivity contribution in [3.8, 4) is 0 Å². The van der Waals surface area contributed by atoms with Crippen LogP contribution in [0.25, 0.3) is 0 Å². The summed E-state index contributed by atoms with van der Waals surface area (Å²) in [6.07, 6.45) is -3.23. The summed E-state index contributed by atoms with van der Waals surface area (Å²) in [7, 11) is 3.79. The average Bonchev–Trinajstić information content (AvgIpc) is 2.54. The molecule has 2 rings (SSSR count). The molecule has 0 aliphatic rings. The number of anilines is 2. The van der Waals surface area contributed by atoms with Gasteiger partial charge in [0.05, 0.1) is 16.7 Å². The number of benzene rings is 2. The van der Waals surface area contributed by atoms with Crippen LogP contribution in [0.5, 0.6) is 0 Å². The fraction of sp³-hybridized carbons (Fsp3) is 0.188. The normalized spacial score (nSPS) is 11.6. The summed E-state index contributed by atoms with van der Waals surface area (Å²) in [5.74, 6) is 0. The molecule has 1 N–H and O–H groups in total. The summed E-state index contributed by atoms with van der Waals surface area (Å²) in [4.78, 5) is 12.0. The maximum absolute atomic E-state index is 12.6. The lowest BCUT2D eigenvalue weighted by molar-refractivity contribution is -0.384. The Kier molecular flexibility index (Phi) is 5.26. The molecule has 0 radical (unpaired) electrons. The molecule has 2 aromatic rings. The van der Waals surface area contributed by atoms with Gasteiger partial charge in [0, 0.05) is 25.8 Å². The first-order valence-corrected chi connectivity index (χ1v) is 7.10. The fourth-order valence-electron chi connectivity index (χ4n) is 1.99. The zero-order valence-corrected chi connectivity index (χ0v) is 13.4. The first-order valence-electron chi connectivity index (χ1n) is 7.10. The molecule has 0 saturated carbocycles. The molecule has 6 nitrogen and oxygen atoms in total. The van der Waals surface area contributed by atoms with Gasteiger partial charge in [-0.3, -0.25) is 15.5 Å². The number of nitro groups is 1. The Morgan fingerprint density at radius 2 is 1.80 bits per heavy atom. The van der Waals surface area contributed by atoms with Gasteiger partial charge in [-0.05, 0) is 29.8 Å². The molecule has 132 valence electrons. The lowest BCUT2D eigenvalue weighted by Gasteiger charge is -2.11. The van der Waals surface area contributed by atoms with Crippen molar-refractivity contribution in [1.29, 1.82) is 0 Å². The summed E-state index contributed by atoms with van der Waals surface area (Å²) in [5, 5.41) is 14.8. The minimum atomic E-state index is -4.65. The highest BCUT2D eigenvalue weighted by Gasteiger charge is 2.33. The van der Waals surface area contributed by atoms with E-state index < -0.39 is 22.4 Å². The van der Waals surface area contributed by atoms with Crippen molar-refractivity contribution in [2.45, 2.75) is 6.18 Å². The van der Waals surface area contributed by atoms with E-state index in [1.807, 2.05) is 31.1 Å². The van der Waals surface area contributed by atoms with Crippen molar-refractivity contribution in [2.24, 2.45) is 5.10 Å². The van der Waals surface area contributed by atoms with E-state index in [0.29, 0.717) is 6.07 Å². The first-order chi connectivity index (χ1) is 11.7. The van der Waals surface area contributed by atoms with Crippen molar-refractivity contribution < 1.29 is 18.1 Å². The third kappa shape index (κ3) is 4.69. The van der Waals surface area contributed by atoms with Gasteiger partial charge in [0.25, 0.3) is 5.69 Å². The number of nitrogens with one attached hydrogen (secondary N) is 1. The van der Waals surface area contributed by atoms with Crippen LogP contribution in [0, 0.1) is 10.1 Å². The number of halogens is 3. The molecular weight excluding hydrogens is 337 g/mol. The van der Waals surface area contributed by atoms with E-state index in [2.05, 4.69) is 10.5 Å². The molecule has 0 bridgehead atoms. The molecule has 0 aromatic heterocycles. The summed E-state index contributed by atoms with van der Waals surface area (Å²) in [6, 6.07) is 9.53. The molecule has 0 saturated heterocycles. The molecule has 0 atom stereocenters. The number of hydrogen-bond acceptors (Lipinski definition) is 5. The second-order valence-corrected chi connectivity index (χ2v) is 5.34. The molecule has 2 aromatic carbocycles. The quantitative estimate of drug-likeness (QED) is 0.499. The maximum atomic E-state index is 12.6. The summed E-state index contributed by atoms with van der Waals surface area (Å²) in [6.45, 7) is 0. The van der Waals surface area contributed by atoms with E-state index in [0.717, 1.165) is 23.4 Å². The largest absolute Gasteiger partial charge is 0.416 e. The number of alkyl halides is 3. The number of hydrazone groups is 1. The van der Waals surface area contributed by atoms with Crippen molar-refractivity contribution >= 4 is 23.3 Å². The van der Waals surface area contributed by atoms with Crippen LogP contribution in [0.15, 0.2) is 47.6 Å². The van der Waals surface area contributed by atoms with E-state index in [9.17, 15) is 23.3 Å². The third-order valence-corrected chi connectivity index (χ3v) is 3.33. The van der Waals surface area contributed by atoms with Crippen LogP contribution in [-0.2, 0) is 6.18 Å². The fourth-order valence-corrected chi connectivity index (χ4v) is 1.99. The smallest absolute Gasteiger partial charge is 0.378 e. The zero-order valence-electron chi connectivity index (χ0n) is 13.4. The topological polar surface area (TPSA) is 70.8 Å². The molecule has 0 spiro atoms. The Labute approximate surface area is 141 Å². The summed E-state index contributed by atoms with van der Waals surface area (Å²) < 4.78 is 37.9. The molecule has 0 amide bonds. The van der Waals surface area contributed by atoms with Crippen LogP contribution in [0.2, 0.25) is 0 Å². The second-order valence-electron chi connectivity index (χ2n) is 5.34. The predicted octanol–water partition coefficient (Wildman–Crippen LogP) is 4.13. The Hall–Kier alpha value is -3.10. The monoisotopic (exact) mass is 352 g/mol. The van der Waals surface area contributed by atoms with Crippen LogP contribution < -0.4 is 10.3 Å². The lowest BCUT2D eigenvalue weighted by atomic mass is 10.1. The average molecular weight is 352 g/mol. The van der Waals surface area contributed by atoms with Gasteiger partial charge in [0.15, 0.2) is 0 Å². The van der Waals surface area contributed by atoms with Gasteiger partial charge in [-0.1, -0.05) is 12.1 Å². The number of hydrogen-bond donors (Lipinski definition) is 1. The SMILES string of the molecule is CN(C)c1ccc(C=NNc2ccc(C(F)(F)F)cc2[N+](=O)[O-])cc1. The minimum Gasteiger partial charge on any atom is -0.378 e. The van der Waals surface area contributed by atoms with E-state index >= 15 is 0 Å². The van der Waals surface area contributed by atoms with Crippen LogP contribution in [0.3, 0.4) is 0 Å². The molecule has 0 heterocycles. The van der Waals surface area contributed by atoms with Gasteiger partial charge in [-0.25, -0.2) is 0 Å². The first kappa shape index (κ1) is 18.2. The molecule has 0 fully saturated rings. The van der Waals surface area contributed by atoms with Gasteiger partial charge < -0.3 is 4.90 Å². The van der Waals surface area contributed by atoms with Crippen LogP contribution in [0.4, 0.5) is 30.2 Å². The van der Waals surface area contributed by atoms with Crippen LogP contribution in [0.1, 0.15) is 11.1 Å². The molecule has 9 heteroatoms. The maximum Gasteiger partial charge on any atom is 0.416 e. The number of rotatable bonds is 5. The standard InChI is InChI=1S/C16H15F3N4O2/c1-22(2)13-6-3-11(4-7-13)10-20-21-14-8-5-12(16(17,18)19)9-15(14)23(24)25/h3-10,21H,1-2H3. The highest BCUT2D eigenvalue weighted by atomic mass is 19.4. The van der Waals surface area contributed by atoms with Gasteiger partial charge in [0.2, 0.25) is 0 Å². The lowest BCUT2D eigenvalue weighted by Crippen LogP contribution is -2.08. The molecule has 0 unspecified atom stereocenters. The Bertz CT molecular complexity index is 787. The van der Waals surface area contributed by atoms with Gasteiger partial charge >= 0.3 is 6.18 Å². The Morgan fingerprint density at radius 3 is 2.32 bits per heavy atom. The highest BCUT2D eigenvalue weighted by Crippen LogP contribution is 2.34.